The number of carbonyl (C=O) groups excluding carboxylic acids is 2. The van der Waals surface area contributed by atoms with E-state index in [1.807, 2.05) is 49.6 Å². The number of nitrogens with two attached hydrogens (primary N) is 1. The second-order valence-electron chi connectivity index (χ2n) is 8.72. The van der Waals surface area contributed by atoms with Gasteiger partial charge in [-0.3, -0.25) is 9.59 Å². The minimum absolute atomic E-state index is 0.0431. The van der Waals surface area contributed by atoms with Crippen LogP contribution < -0.4 is 16.4 Å². The molecule has 1 aromatic carbocycles. The van der Waals surface area contributed by atoms with Crippen LogP contribution in [0.4, 0.5) is 5.95 Å². The van der Waals surface area contributed by atoms with Crippen molar-refractivity contribution in [1.29, 1.82) is 0 Å². The zero-order valence-corrected chi connectivity index (χ0v) is 20.3. The number of aromatic nitrogens is 3. The van der Waals surface area contributed by atoms with E-state index in [1.54, 1.807) is 12.3 Å². The van der Waals surface area contributed by atoms with Crippen molar-refractivity contribution in [2.24, 2.45) is 0 Å². The first-order valence-corrected chi connectivity index (χ1v) is 12.3. The zero-order chi connectivity index (χ0) is 24.5. The van der Waals surface area contributed by atoms with E-state index in [-0.39, 0.29) is 29.8 Å². The lowest BCUT2D eigenvalue weighted by atomic mass is 10.1. The van der Waals surface area contributed by atoms with Crippen molar-refractivity contribution in [3.05, 3.63) is 69.5 Å². The zero-order valence-electron chi connectivity index (χ0n) is 19.4. The summed E-state index contributed by atoms with van der Waals surface area (Å²) in [6, 6.07) is 11.5. The molecule has 9 nitrogen and oxygen atoms in total. The number of ether oxygens (including phenoxy) is 1. The van der Waals surface area contributed by atoms with E-state index in [4.69, 9.17) is 10.5 Å². The Kier molecular flexibility index (Phi) is 6.23. The summed E-state index contributed by atoms with van der Waals surface area (Å²) in [5.41, 5.74) is 10.3. The smallest absolute Gasteiger partial charge is 0.261 e. The molecule has 10 heteroatoms. The van der Waals surface area contributed by atoms with E-state index in [1.165, 1.54) is 21.4 Å². The van der Waals surface area contributed by atoms with Crippen LogP contribution in [0.2, 0.25) is 0 Å². The molecule has 4 N–H and O–H groups in total. The highest BCUT2D eigenvalue weighted by Crippen LogP contribution is 2.28. The number of fused-ring (bicyclic) bond motifs is 1. The molecule has 1 saturated heterocycles. The molecular formula is C25H26N6O3S. The van der Waals surface area contributed by atoms with Gasteiger partial charge in [-0.15, -0.1) is 16.4 Å². The molecule has 0 spiro atoms. The number of pyridine rings is 1. The van der Waals surface area contributed by atoms with Crippen molar-refractivity contribution >= 4 is 34.7 Å². The van der Waals surface area contributed by atoms with Gasteiger partial charge in [0.25, 0.3) is 11.8 Å². The number of hydrogen-bond acceptors (Lipinski definition) is 7. The lowest BCUT2D eigenvalue weighted by Gasteiger charge is -2.14. The lowest BCUT2D eigenvalue weighted by Crippen LogP contribution is -2.35. The summed E-state index contributed by atoms with van der Waals surface area (Å²) in [6.07, 6.45) is 2.52. The van der Waals surface area contributed by atoms with Gasteiger partial charge < -0.3 is 21.1 Å². The highest BCUT2D eigenvalue weighted by Gasteiger charge is 2.23. The van der Waals surface area contributed by atoms with Crippen LogP contribution in [-0.4, -0.2) is 45.7 Å². The summed E-state index contributed by atoms with van der Waals surface area (Å²) in [5, 5.41) is 12.1. The highest BCUT2D eigenvalue weighted by molar-refractivity contribution is 7.12. The van der Waals surface area contributed by atoms with Crippen molar-refractivity contribution in [1.82, 2.24) is 25.2 Å². The Morgan fingerprint density at radius 1 is 1.20 bits per heavy atom. The van der Waals surface area contributed by atoms with Gasteiger partial charge in [0.1, 0.15) is 0 Å². The Bertz CT molecular complexity index is 1390. The molecule has 4 aromatic rings. The van der Waals surface area contributed by atoms with Crippen molar-refractivity contribution in [3.8, 4) is 11.1 Å². The third-order valence-corrected chi connectivity index (χ3v) is 6.97. The fourth-order valence-electron chi connectivity index (χ4n) is 4.05. The number of nitrogens with zero attached hydrogens (tertiary/aromatic N) is 3. The number of nitrogens with one attached hydrogen (secondary N) is 2. The number of thiophene rings is 1. The molecule has 0 aliphatic carbocycles. The van der Waals surface area contributed by atoms with Gasteiger partial charge in [-0.25, -0.2) is 4.52 Å². The quantitative estimate of drug-likeness (QED) is 0.381. The number of aryl methyl sites for hydroxylation is 1. The molecule has 1 aliphatic rings. The number of benzene rings is 1. The Hall–Kier alpha value is -3.76. The summed E-state index contributed by atoms with van der Waals surface area (Å²) in [4.78, 5) is 30.7. The molecule has 0 bridgehead atoms. The number of amides is 2. The fraction of sp³-hybridized carbons (Fsp3) is 0.280. The van der Waals surface area contributed by atoms with Gasteiger partial charge in [0, 0.05) is 18.4 Å². The largest absolute Gasteiger partial charge is 0.379 e. The summed E-state index contributed by atoms with van der Waals surface area (Å²) in [6.45, 7) is 5.10. The van der Waals surface area contributed by atoms with Crippen molar-refractivity contribution < 1.29 is 14.3 Å². The molecule has 35 heavy (non-hydrogen) atoms. The Morgan fingerprint density at radius 2 is 2.00 bits per heavy atom. The molecule has 0 radical (unpaired) electrons. The predicted octanol–water partition coefficient (Wildman–Crippen LogP) is 3.36. The molecule has 0 saturated carbocycles. The minimum atomic E-state index is -0.264. The maximum Gasteiger partial charge on any atom is 0.261 e. The molecule has 2 amide bonds. The van der Waals surface area contributed by atoms with Crippen molar-refractivity contribution in [3.63, 3.8) is 0 Å². The van der Waals surface area contributed by atoms with Crippen LogP contribution in [0.15, 0.2) is 48.0 Å². The van der Waals surface area contributed by atoms with Crippen LogP contribution in [0.1, 0.15) is 50.5 Å². The highest BCUT2D eigenvalue weighted by atomic mass is 32.1. The number of rotatable bonds is 6. The van der Waals surface area contributed by atoms with Gasteiger partial charge in [-0.2, -0.15) is 4.98 Å². The maximum atomic E-state index is 13.0. The molecular weight excluding hydrogens is 464 g/mol. The molecule has 1 aliphatic heterocycles. The van der Waals surface area contributed by atoms with Crippen LogP contribution in [-0.2, 0) is 4.74 Å². The van der Waals surface area contributed by atoms with Gasteiger partial charge in [0.2, 0.25) is 5.95 Å². The van der Waals surface area contributed by atoms with Gasteiger partial charge >= 0.3 is 0 Å². The third-order valence-electron chi connectivity index (χ3n) is 6.04. The van der Waals surface area contributed by atoms with E-state index >= 15 is 0 Å². The SMILES string of the molecule is Cc1ccc([C@H](C)NC(=O)c2cc(-c3cc(C(=O)N[C@H]4CCOC4)c4nc(N)nn4c3)cs2)cc1. The topological polar surface area (TPSA) is 124 Å². The predicted molar refractivity (Wildman–Crippen MR) is 134 cm³/mol. The maximum absolute atomic E-state index is 13.0. The first-order chi connectivity index (χ1) is 16.9. The minimum Gasteiger partial charge on any atom is -0.379 e. The second-order valence-corrected chi connectivity index (χ2v) is 9.63. The van der Waals surface area contributed by atoms with E-state index < -0.39 is 0 Å². The number of hydrogen-bond donors (Lipinski definition) is 3. The molecule has 3 aromatic heterocycles. The molecule has 4 heterocycles. The Balaban J connectivity index is 1.39. The van der Waals surface area contributed by atoms with Crippen LogP contribution in [0.5, 0.6) is 0 Å². The van der Waals surface area contributed by atoms with Crippen LogP contribution in [0.25, 0.3) is 16.8 Å². The first-order valence-electron chi connectivity index (χ1n) is 11.4. The lowest BCUT2D eigenvalue weighted by molar-refractivity contribution is 0.0927. The fourth-order valence-corrected chi connectivity index (χ4v) is 4.87. The van der Waals surface area contributed by atoms with Gasteiger partial charge in [0.15, 0.2) is 5.65 Å². The molecule has 0 unspecified atom stereocenters. The van der Waals surface area contributed by atoms with Gasteiger partial charge in [-0.05, 0) is 48.9 Å². The standard InChI is InChI=1S/C25H26N6O3S/c1-14-3-5-16(6-4-14)15(2)27-24(33)21-10-18(13-35-21)17-9-20(22-29-25(26)30-31(22)11-17)23(32)28-19-7-8-34-12-19/h3-6,9-11,13,15,19H,7-8,12H2,1-2H3,(H2,26,30)(H,27,33)(H,28,32)/t15-,19-/m0/s1. The summed E-state index contributed by atoms with van der Waals surface area (Å²) < 4.78 is 6.86. The molecule has 180 valence electrons. The van der Waals surface area contributed by atoms with E-state index in [9.17, 15) is 9.59 Å². The van der Waals surface area contributed by atoms with E-state index in [2.05, 4.69) is 20.7 Å². The van der Waals surface area contributed by atoms with Crippen LogP contribution >= 0.6 is 11.3 Å². The van der Waals surface area contributed by atoms with E-state index in [0.717, 1.165) is 23.1 Å². The van der Waals surface area contributed by atoms with Crippen LogP contribution in [0, 0.1) is 6.92 Å². The van der Waals surface area contributed by atoms with Crippen molar-refractivity contribution in [2.75, 3.05) is 18.9 Å². The number of nitrogen functional groups attached to an aromatic ring is 1. The Morgan fingerprint density at radius 3 is 2.74 bits per heavy atom. The normalized spacial score (nSPS) is 16.3. The molecule has 5 rings (SSSR count). The Labute approximate surface area is 206 Å². The number of carbonyl (C=O) groups is 2. The van der Waals surface area contributed by atoms with Gasteiger partial charge in [0.05, 0.1) is 29.1 Å². The second kappa shape index (κ2) is 9.47. The average molecular weight is 491 g/mol. The monoisotopic (exact) mass is 490 g/mol. The summed E-state index contributed by atoms with van der Waals surface area (Å²) in [5.74, 6) is -0.338. The molecule has 1 fully saturated rings. The van der Waals surface area contributed by atoms with Crippen molar-refractivity contribution in [2.45, 2.75) is 32.4 Å². The first kappa shape index (κ1) is 23.0. The summed E-state index contributed by atoms with van der Waals surface area (Å²) in [7, 11) is 0. The van der Waals surface area contributed by atoms with E-state index in [0.29, 0.717) is 29.3 Å². The van der Waals surface area contributed by atoms with Gasteiger partial charge in [-0.1, -0.05) is 29.8 Å². The van der Waals surface area contributed by atoms with Crippen LogP contribution in [0.3, 0.4) is 0 Å². The average Bonchev–Trinajstić information content (AvgIpc) is 3.59. The summed E-state index contributed by atoms with van der Waals surface area (Å²) >= 11 is 1.34. The number of anilines is 1. The molecule has 2 atom stereocenters. The third kappa shape index (κ3) is 4.89.